The lowest BCUT2D eigenvalue weighted by atomic mass is 10.2. The number of hydrogen-bond acceptors (Lipinski definition) is 7. The lowest BCUT2D eigenvalue weighted by molar-refractivity contribution is 0.0599. The molecule has 106 valence electrons. The first-order valence-corrected chi connectivity index (χ1v) is 8.52. The van der Waals surface area contributed by atoms with Crippen molar-refractivity contribution < 1.29 is 17.9 Å². The number of benzene rings is 1. The highest BCUT2D eigenvalue weighted by Crippen LogP contribution is 2.24. The highest BCUT2D eigenvalue weighted by atomic mass is 79.9. The van der Waals surface area contributed by atoms with E-state index >= 15 is 0 Å². The fourth-order valence-corrected chi connectivity index (χ4v) is 4.29. The van der Waals surface area contributed by atoms with Gasteiger partial charge in [-0.25, -0.2) is 18.2 Å². The topological polar surface area (TPSA) is 86.2 Å². The van der Waals surface area contributed by atoms with E-state index in [1.54, 1.807) is 0 Å². The first-order chi connectivity index (χ1) is 9.44. The number of halogens is 1. The predicted molar refractivity (Wildman–Crippen MR) is 76.3 cm³/mol. The van der Waals surface area contributed by atoms with Gasteiger partial charge in [0.2, 0.25) is 0 Å². The summed E-state index contributed by atoms with van der Waals surface area (Å²) in [6, 6.07) is 4.15. The monoisotopic (exact) mass is 376 g/mol. The van der Waals surface area contributed by atoms with E-state index in [1.807, 2.05) is 0 Å². The molecule has 0 N–H and O–H groups in total. The van der Waals surface area contributed by atoms with Crippen molar-refractivity contribution in [2.75, 3.05) is 7.11 Å². The molecule has 0 atom stereocenters. The van der Waals surface area contributed by atoms with Gasteiger partial charge in [0.1, 0.15) is 17.1 Å². The summed E-state index contributed by atoms with van der Waals surface area (Å²) in [5.41, 5.74) is 0.266. The van der Waals surface area contributed by atoms with E-state index in [-0.39, 0.29) is 16.2 Å². The van der Waals surface area contributed by atoms with Gasteiger partial charge in [0.15, 0.2) is 9.84 Å². The van der Waals surface area contributed by atoms with Gasteiger partial charge in [-0.05, 0) is 45.7 Å². The minimum absolute atomic E-state index is 0.104. The summed E-state index contributed by atoms with van der Waals surface area (Å²) in [6.45, 7) is 0. The zero-order chi connectivity index (χ0) is 14.8. The Balaban J connectivity index is 2.33. The van der Waals surface area contributed by atoms with Crippen molar-refractivity contribution >= 4 is 43.3 Å². The summed E-state index contributed by atoms with van der Waals surface area (Å²) in [5, 5.41) is 0.415. The van der Waals surface area contributed by atoms with Gasteiger partial charge in [-0.2, -0.15) is 4.37 Å². The van der Waals surface area contributed by atoms with Crippen LogP contribution in [0.4, 0.5) is 0 Å². The fourth-order valence-electron chi connectivity index (χ4n) is 1.47. The van der Waals surface area contributed by atoms with Gasteiger partial charge < -0.3 is 4.74 Å². The van der Waals surface area contributed by atoms with Crippen LogP contribution in [0.15, 0.2) is 33.9 Å². The molecule has 1 aromatic heterocycles. The molecule has 0 aliphatic rings. The SMILES string of the molecule is COC(=O)c1ccc(S(=O)(=O)Cc2ncns2)cc1Br. The van der Waals surface area contributed by atoms with Gasteiger partial charge in [0.25, 0.3) is 0 Å². The zero-order valence-corrected chi connectivity index (χ0v) is 13.5. The van der Waals surface area contributed by atoms with Gasteiger partial charge in [0, 0.05) is 4.47 Å². The molecule has 0 fully saturated rings. The molecule has 1 aromatic carbocycles. The standard InChI is InChI=1S/C11H9BrN2O4S2/c1-18-11(15)8-3-2-7(4-9(8)12)20(16,17)5-10-13-6-14-19-10/h2-4,6H,5H2,1H3. The second-order valence-electron chi connectivity index (χ2n) is 3.73. The van der Waals surface area contributed by atoms with E-state index in [9.17, 15) is 13.2 Å². The van der Waals surface area contributed by atoms with E-state index < -0.39 is 15.8 Å². The third-order valence-electron chi connectivity index (χ3n) is 2.43. The quantitative estimate of drug-likeness (QED) is 0.759. The zero-order valence-electron chi connectivity index (χ0n) is 10.2. The Morgan fingerprint density at radius 3 is 2.75 bits per heavy atom. The average molecular weight is 377 g/mol. The van der Waals surface area contributed by atoms with Crippen molar-refractivity contribution in [3.8, 4) is 0 Å². The fraction of sp³-hybridized carbons (Fsp3) is 0.182. The van der Waals surface area contributed by atoms with Gasteiger partial charge in [0.05, 0.1) is 17.6 Å². The van der Waals surface area contributed by atoms with Gasteiger partial charge in [-0.1, -0.05) is 0 Å². The van der Waals surface area contributed by atoms with E-state index in [0.717, 1.165) is 11.5 Å². The van der Waals surface area contributed by atoms with Crippen molar-refractivity contribution in [3.63, 3.8) is 0 Å². The van der Waals surface area contributed by atoms with Crippen LogP contribution in [0.1, 0.15) is 15.4 Å². The molecule has 0 radical (unpaired) electrons. The number of nitrogens with zero attached hydrogens (tertiary/aromatic N) is 2. The molecule has 2 rings (SSSR count). The summed E-state index contributed by atoms with van der Waals surface area (Å²) in [4.78, 5) is 15.4. The molecule has 0 aliphatic carbocycles. The number of hydrogen-bond donors (Lipinski definition) is 0. The molecule has 0 saturated carbocycles. The van der Waals surface area contributed by atoms with E-state index in [4.69, 9.17) is 0 Å². The molecule has 20 heavy (non-hydrogen) atoms. The first-order valence-electron chi connectivity index (χ1n) is 5.30. The molecule has 1 heterocycles. The lowest BCUT2D eigenvalue weighted by Crippen LogP contribution is -2.07. The van der Waals surface area contributed by atoms with E-state index in [1.165, 1.54) is 31.6 Å². The van der Waals surface area contributed by atoms with Gasteiger partial charge >= 0.3 is 5.97 Å². The van der Waals surface area contributed by atoms with Crippen LogP contribution < -0.4 is 0 Å². The number of rotatable bonds is 4. The summed E-state index contributed by atoms with van der Waals surface area (Å²) < 4.78 is 33.1. The number of carbonyl (C=O) groups excluding carboxylic acids is 1. The maximum Gasteiger partial charge on any atom is 0.339 e. The van der Waals surface area contributed by atoms with Crippen LogP contribution in [-0.4, -0.2) is 30.9 Å². The highest BCUT2D eigenvalue weighted by molar-refractivity contribution is 9.10. The average Bonchev–Trinajstić information content (AvgIpc) is 2.89. The smallest absolute Gasteiger partial charge is 0.339 e. The molecule has 9 heteroatoms. The number of aromatic nitrogens is 2. The third kappa shape index (κ3) is 3.22. The summed E-state index contributed by atoms with van der Waals surface area (Å²) in [5.74, 6) is -0.758. The maximum absolute atomic E-state index is 12.2. The van der Waals surface area contributed by atoms with Crippen LogP contribution in [-0.2, 0) is 20.3 Å². The van der Waals surface area contributed by atoms with Crippen molar-refractivity contribution in [1.82, 2.24) is 9.36 Å². The van der Waals surface area contributed by atoms with Crippen LogP contribution in [0.25, 0.3) is 0 Å². The number of sulfone groups is 1. The Bertz CT molecular complexity index is 729. The molecule has 0 aliphatic heterocycles. The minimum atomic E-state index is -3.53. The normalized spacial score (nSPS) is 11.3. The molecular formula is C11H9BrN2O4S2. The lowest BCUT2D eigenvalue weighted by Gasteiger charge is -2.06. The van der Waals surface area contributed by atoms with E-state index in [0.29, 0.717) is 9.48 Å². The molecule has 0 amide bonds. The van der Waals surface area contributed by atoms with Crippen LogP contribution >= 0.6 is 27.5 Å². The van der Waals surface area contributed by atoms with Gasteiger partial charge in [-0.15, -0.1) is 0 Å². The summed E-state index contributed by atoms with van der Waals surface area (Å²) in [7, 11) is -2.27. The molecule has 6 nitrogen and oxygen atoms in total. The molecule has 0 unspecified atom stereocenters. The van der Waals surface area contributed by atoms with Crippen molar-refractivity contribution in [3.05, 3.63) is 39.6 Å². The third-order valence-corrected chi connectivity index (χ3v) is 5.55. The van der Waals surface area contributed by atoms with E-state index in [2.05, 4.69) is 30.0 Å². The molecule has 0 saturated heterocycles. The van der Waals surface area contributed by atoms with Crippen molar-refractivity contribution in [1.29, 1.82) is 0 Å². The summed E-state index contributed by atoms with van der Waals surface area (Å²) >= 11 is 4.20. The molecule has 0 bridgehead atoms. The Labute approximate surface area is 128 Å². The molecule has 0 spiro atoms. The Morgan fingerprint density at radius 1 is 1.45 bits per heavy atom. The van der Waals surface area contributed by atoms with Crippen LogP contribution in [0, 0.1) is 0 Å². The largest absolute Gasteiger partial charge is 0.465 e. The Kier molecular flexibility index (Phi) is 4.51. The highest BCUT2D eigenvalue weighted by Gasteiger charge is 2.20. The van der Waals surface area contributed by atoms with Gasteiger partial charge in [-0.3, -0.25) is 0 Å². The molecule has 2 aromatic rings. The number of esters is 1. The predicted octanol–water partition coefficient (Wildman–Crippen LogP) is 2.06. The maximum atomic E-state index is 12.2. The first kappa shape index (κ1) is 15.1. The van der Waals surface area contributed by atoms with Crippen LogP contribution in [0.3, 0.4) is 0 Å². The van der Waals surface area contributed by atoms with Crippen LogP contribution in [0.2, 0.25) is 0 Å². The number of methoxy groups -OCH3 is 1. The molecular weight excluding hydrogens is 368 g/mol. The number of carbonyl (C=O) groups is 1. The van der Waals surface area contributed by atoms with Crippen molar-refractivity contribution in [2.24, 2.45) is 0 Å². The number of ether oxygens (including phenoxy) is 1. The Hall–Kier alpha value is -1.32. The minimum Gasteiger partial charge on any atom is -0.465 e. The Morgan fingerprint density at radius 2 is 2.20 bits per heavy atom. The summed E-state index contributed by atoms with van der Waals surface area (Å²) in [6.07, 6.45) is 1.31. The second kappa shape index (κ2) is 5.98. The van der Waals surface area contributed by atoms with Crippen LogP contribution in [0.5, 0.6) is 0 Å². The van der Waals surface area contributed by atoms with Crippen molar-refractivity contribution in [2.45, 2.75) is 10.6 Å². The second-order valence-corrected chi connectivity index (χ2v) is 7.44.